The highest BCUT2D eigenvalue weighted by Gasteiger charge is 2.17. The van der Waals surface area contributed by atoms with Gasteiger partial charge in [0.15, 0.2) is 0 Å². The smallest absolute Gasteiger partial charge is 0.337 e. The van der Waals surface area contributed by atoms with Crippen molar-refractivity contribution in [2.75, 3.05) is 19.0 Å². The number of nitrogens with one attached hydrogen (secondary N) is 1. The van der Waals surface area contributed by atoms with Crippen molar-refractivity contribution >= 4 is 39.0 Å². The number of rotatable bonds is 6. The van der Waals surface area contributed by atoms with Crippen molar-refractivity contribution in [3.05, 3.63) is 65.3 Å². The fourth-order valence-electron chi connectivity index (χ4n) is 3.35. The van der Waals surface area contributed by atoms with Crippen molar-refractivity contribution in [2.24, 2.45) is 0 Å². The molecule has 0 atom stereocenters. The van der Waals surface area contributed by atoms with Gasteiger partial charge in [-0.1, -0.05) is 18.2 Å². The van der Waals surface area contributed by atoms with Crippen LogP contribution in [0.15, 0.2) is 54.9 Å². The standard InChI is InChI=1S/C23H21N3O3S/c1-4-29-18-10-8-15(9-11-18)19-14(2)30-22-20(19)21(24-13-25-22)26-17-7-5-6-16(12-17)23(27)28-3/h5-13H,4H2,1-3H3,(H,24,25,26). The van der Waals surface area contributed by atoms with Gasteiger partial charge in [-0.2, -0.15) is 0 Å². The second-order valence-corrected chi connectivity index (χ2v) is 7.79. The third kappa shape index (κ3) is 3.84. The zero-order valence-electron chi connectivity index (χ0n) is 16.9. The molecule has 0 saturated heterocycles. The van der Waals surface area contributed by atoms with E-state index >= 15 is 0 Å². The Balaban J connectivity index is 1.78. The minimum atomic E-state index is -0.382. The first kappa shape index (κ1) is 19.8. The molecular formula is C23H21N3O3S. The highest BCUT2D eigenvalue weighted by molar-refractivity contribution is 7.19. The van der Waals surface area contributed by atoms with E-state index in [1.807, 2.05) is 37.3 Å². The van der Waals surface area contributed by atoms with Crippen molar-refractivity contribution in [3.8, 4) is 16.9 Å². The molecule has 0 spiro atoms. The monoisotopic (exact) mass is 419 g/mol. The first-order chi connectivity index (χ1) is 14.6. The molecule has 0 fully saturated rings. The van der Waals surface area contributed by atoms with E-state index in [9.17, 15) is 4.79 Å². The lowest BCUT2D eigenvalue weighted by Gasteiger charge is -2.10. The van der Waals surface area contributed by atoms with Crippen LogP contribution in [0.1, 0.15) is 22.2 Å². The summed E-state index contributed by atoms with van der Waals surface area (Å²) in [5.74, 6) is 1.15. The molecule has 2 heterocycles. The number of fused-ring (bicyclic) bond motifs is 1. The highest BCUT2D eigenvalue weighted by atomic mass is 32.1. The summed E-state index contributed by atoms with van der Waals surface area (Å²) in [7, 11) is 1.37. The molecule has 0 aliphatic heterocycles. The number of aromatic nitrogens is 2. The average molecular weight is 420 g/mol. The number of carbonyl (C=O) groups excluding carboxylic acids is 1. The molecule has 2 aromatic heterocycles. The van der Waals surface area contributed by atoms with E-state index in [-0.39, 0.29) is 5.97 Å². The highest BCUT2D eigenvalue weighted by Crippen LogP contribution is 2.41. The molecule has 0 amide bonds. The number of carbonyl (C=O) groups is 1. The summed E-state index contributed by atoms with van der Waals surface area (Å²) in [6.07, 6.45) is 1.55. The second-order valence-electron chi connectivity index (χ2n) is 6.59. The van der Waals surface area contributed by atoms with E-state index in [1.54, 1.807) is 35.9 Å². The van der Waals surface area contributed by atoms with Crippen LogP contribution in [0.3, 0.4) is 0 Å². The number of hydrogen-bond acceptors (Lipinski definition) is 7. The Hall–Kier alpha value is -3.45. The fourth-order valence-corrected chi connectivity index (χ4v) is 4.36. The largest absolute Gasteiger partial charge is 0.494 e. The van der Waals surface area contributed by atoms with E-state index in [2.05, 4.69) is 22.2 Å². The minimum Gasteiger partial charge on any atom is -0.494 e. The van der Waals surface area contributed by atoms with Gasteiger partial charge in [0, 0.05) is 16.1 Å². The third-order valence-corrected chi connectivity index (χ3v) is 5.68. The number of hydrogen-bond donors (Lipinski definition) is 1. The first-order valence-electron chi connectivity index (χ1n) is 9.53. The molecule has 0 saturated carbocycles. The molecule has 1 N–H and O–H groups in total. The lowest BCUT2D eigenvalue weighted by molar-refractivity contribution is 0.0601. The fraction of sp³-hybridized carbons (Fsp3) is 0.174. The number of esters is 1. The summed E-state index contributed by atoms with van der Waals surface area (Å²) >= 11 is 1.63. The van der Waals surface area contributed by atoms with Gasteiger partial charge < -0.3 is 14.8 Å². The van der Waals surface area contributed by atoms with E-state index in [4.69, 9.17) is 9.47 Å². The van der Waals surface area contributed by atoms with Gasteiger partial charge in [-0.05, 0) is 49.7 Å². The molecular weight excluding hydrogens is 398 g/mol. The van der Waals surface area contributed by atoms with Gasteiger partial charge in [-0.15, -0.1) is 11.3 Å². The average Bonchev–Trinajstić information content (AvgIpc) is 3.11. The summed E-state index contributed by atoms with van der Waals surface area (Å²) in [5, 5.41) is 4.30. The van der Waals surface area contributed by atoms with Gasteiger partial charge in [0.25, 0.3) is 0 Å². The Kier molecular flexibility index (Phi) is 5.63. The molecule has 4 aromatic rings. The number of thiophene rings is 1. The van der Waals surface area contributed by atoms with Crippen LogP contribution in [-0.2, 0) is 4.74 Å². The maximum Gasteiger partial charge on any atom is 0.337 e. The van der Waals surface area contributed by atoms with Gasteiger partial charge >= 0.3 is 5.97 Å². The van der Waals surface area contributed by atoms with Gasteiger partial charge in [-0.3, -0.25) is 0 Å². The molecule has 0 aliphatic rings. The van der Waals surface area contributed by atoms with Crippen LogP contribution in [0, 0.1) is 6.92 Å². The van der Waals surface area contributed by atoms with E-state index in [1.165, 1.54) is 7.11 Å². The number of ether oxygens (including phenoxy) is 2. The van der Waals surface area contributed by atoms with E-state index in [0.29, 0.717) is 18.0 Å². The summed E-state index contributed by atoms with van der Waals surface area (Å²) in [6, 6.07) is 15.2. The van der Waals surface area contributed by atoms with Crippen molar-refractivity contribution in [2.45, 2.75) is 13.8 Å². The van der Waals surface area contributed by atoms with Gasteiger partial charge in [0.05, 0.1) is 24.7 Å². The Morgan fingerprint density at radius 3 is 2.67 bits per heavy atom. The summed E-state index contributed by atoms with van der Waals surface area (Å²) in [4.78, 5) is 22.9. The number of methoxy groups -OCH3 is 1. The maximum atomic E-state index is 11.9. The first-order valence-corrected chi connectivity index (χ1v) is 10.3. The Labute approximate surface area is 178 Å². The predicted octanol–water partition coefficient (Wildman–Crippen LogP) is 5.60. The lowest BCUT2D eigenvalue weighted by Crippen LogP contribution is -2.02. The Bertz CT molecular complexity index is 1200. The van der Waals surface area contributed by atoms with Crippen LogP contribution in [0.5, 0.6) is 5.75 Å². The molecule has 0 aliphatic carbocycles. The molecule has 30 heavy (non-hydrogen) atoms. The van der Waals surface area contributed by atoms with Gasteiger partial charge in [-0.25, -0.2) is 14.8 Å². The van der Waals surface area contributed by atoms with Crippen molar-refractivity contribution in [3.63, 3.8) is 0 Å². The van der Waals surface area contributed by atoms with E-state index < -0.39 is 0 Å². The normalized spacial score (nSPS) is 10.8. The third-order valence-electron chi connectivity index (χ3n) is 4.66. The summed E-state index contributed by atoms with van der Waals surface area (Å²) in [6.45, 7) is 4.68. The number of aryl methyl sites for hydroxylation is 1. The Morgan fingerprint density at radius 1 is 1.13 bits per heavy atom. The topological polar surface area (TPSA) is 73.3 Å². The molecule has 2 aromatic carbocycles. The number of anilines is 2. The zero-order valence-corrected chi connectivity index (χ0v) is 17.7. The van der Waals surface area contributed by atoms with Crippen LogP contribution in [0.2, 0.25) is 0 Å². The van der Waals surface area contributed by atoms with Gasteiger partial charge in [0.2, 0.25) is 0 Å². The Morgan fingerprint density at radius 2 is 1.93 bits per heavy atom. The summed E-state index contributed by atoms with van der Waals surface area (Å²) < 4.78 is 10.4. The molecule has 152 valence electrons. The van der Waals surface area contributed by atoms with Gasteiger partial charge in [0.1, 0.15) is 22.7 Å². The maximum absolute atomic E-state index is 11.9. The second kappa shape index (κ2) is 8.51. The molecule has 0 radical (unpaired) electrons. The van der Waals surface area contributed by atoms with E-state index in [0.717, 1.165) is 37.7 Å². The van der Waals surface area contributed by atoms with Crippen LogP contribution in [0.25, 0.3) is 21.3 Å². The van der Waals surface area contributed by atoms with Crippen molar-refractivity contribution in [1.29, 1.82) is 0 Å². The zero-order chi connectivity index (χ0) is 21.1. The van der Waals surface area contributed by atoms with Crippen LogP contribution in [-0.4, -0.2) is 29.7 Å². The molecule has 7 heteroatoms. The lowest BCUT2D eigenvalue weighted by atomic mass is 10.0. The SMILES string of the molecule is CCOc1ccc(-c2c(C)sc3ncnc(Nc4cccc(C(=O)OC)c4)c23)cc1. The predicted molar refractivity (Wildman–Crippen MR) is 120 cm³/mol. The van der Waals surface area contributed by atoms with Crippen molar-refractivity contribution in [1.82, 2.24) is 9.97 Å². The minimum absolute atomic E-state index is 0.382. The van der Waals surface area contributed by atoms with Crippen LogP contribution < -0.4 is 10.1 Å². The van der Waals surface area contributed by atoms with Crippen molar-refractivity contribution < 1.29 is 14.3 Å². The molecule has 6 nitrogen and oxygen atoms in total. The quantitative estimate of drug-likeness (QED) is 0.410. The number of nitrogens with zero attached hydrogens (tertiary/aromatic N) is 2. The number of benzene rings is 2. The van der Waals surface area contributed by atoms with Crippen LogP contribution in [0.4, 0.5) is 11.5 Å². The molecule has 0 bridgehead atoms. The summed E-state index contributed by atoms with van der Waals surface area (Å²) in [5.41, 5.74) is 3.38. The van der Waals surface area contributed by atoms with Crippen LogP contribution >= 0.6 is 11.3 Å². The molecule has 4 rings (SSSR count). The molecule has 0 unspecified atom stereocenters.